The second-order valence-electron chi connectivity index (χ2n) is 3.58. The number of benzene rings is 1. The summed E-state index contributed by atoms with van der Waals surface area (Å²) in [6.07, 6.45) is 1.45. The Bertz CT molecular complexity index is 656. The summed E-state index contributed by atoms with van der Waals surface area (Å²) in [5.41, 5.74) is 10.2. The van der Waals surface area contributed by atoms with E-state index < -0.39 is 0 Å². The molecular weight excluding hydrogens is 222 g/mol. The van der Waals surface area contributed by atoms with Gasteiger partial charge in [-0.25, -0.2) is 9.97 Å². The number of hydrogen-bond acceptors (Lipinski definition) is 5. The third-order valence-electron chi connectivity index (χ3n) is 2.37. The molecule has 2 N–H and O–H groups in total. The van der Waals surface area contributed by atoms with E-state index in [0.29, 0.717) is 5.13 Å². The number of oxazole rings is 1. The first-order valence-corrected chi connectivity index (χ1v) is 5.67. The highest BCUT2D eigenvalue weighted by Gasteiger charge is 2.11. The third kappa shape index (κ3) is 1.37. The van der Waals surface area contributed by atoms with Gasteiger partial charge in [-0.05, 0) is 24.6 Å². The standard InChI is InChI=1S/C11H9N3OS/c1-6-2-7(9-4-16-11(12)14-9)10-8(3-6)13-5-15-10/h2-5H,1H3,(H2,12,14). The van der Waals surface area contributed by atoms with Gasteiger partial charge in [0.1, 0.15) is 5.52 Å². The second kappa shape index (κ2) is 3.31. The molecule has 2 heterocycles. The van der Waals surface area contributed by atoms with Crippen molar-refractivity contribution in [2.24, 2.45) is 0 Å². The molecule has 0 fully saturated rings. The minimum Gasteiger partial charge on any atom is -0.443 e. The summed E-state index contributed by atoms with van der Waals surface area (Å²) in [5, 5.41) is 2.48. The van der Waals surface area contributed by atoms with E-state index in [1.165, 1.54) is 17.7 Å². The lowest BCUT2D eigenvalue weighted by Crippen LogP contribution is -1.85. The summed E-state index contributed by atoms with van der Waals surface area (Å²) < 4.78 is 5.38. The van der Waals surface area contributed by atoms with Gasteiger partial charge < -0.3 is 10.2 Å². The van der Waals surface area contributed by atoms with Gasteiger partial charge in [0.15, 0.2) is 17.1 Å². The molecule has 1 aromatic carbocycles. The molecule has 0 radical (unpaired) electrons. The number of fused-ring (bicyclic) bond motifs is 1. The van der Waals surface area contributed by atoms with Gasteiger partial charge >= 0.3 is 0 Å². The number of anilines is 1. The number of thiazole rings is 1. The van der Waals surface area contributed by atoms with Crippen LogP contribution in [0.5, 0.6) is 0 Å². The quantitative estimate of drug-likeness (QED) is 0.699. The third-order valence-corrected chi connectivity index (χ3v) is 3.05. The van der Waals surface area contributed by atoms with Crippen molar-refractivity contribution in [2.45, 2.75) is 6.92 Å². The summed E-state index contributed by atoms with van der Waals surface area (Å²) in [6.45, 7) is 2.02. The van der Waals surface area contributed by atoms with Crippen LogP contribution in [0.25, 0.3) is 22.4 Å². The van der Waals surface area contributed by atoms with E-state index in [9.17, 15) is 0 Å². The molecule has 2 aromatic heterocycles. The molecule has 0 amide bonds. The van der Waals surface area contributed by atoms with Gasteiger partial charge in [0.2, 0.25) is 0 Å². The molecule has 80 valence electrons. The first-order chi connectivity index (χ1) is 7.74. The first kappa shape index (κ1) is 9.35. The molecule has 3 aromatic rings. The molecule has 0 aliphatic carbocycles. The highest BCUT2D eigenvalue weighted by atomic mass is 32.1. The maximum Gasteiger partial charge on any atom is 0.182 e. The number of aromatic nitrogens is 2. The van der Waals surface area contributed by atoms with Crippen molar-refractivity contribution in [3.05, 3.63) is 29.5 Å². The fourth-order valence-corrected chi connectivity index (χ4v) is 2.27. The van der Waals surface area contributed by atoms with Crippen LogP contribution in [0.4, 0.5) is 5.13 Å². The second-order valence-corrected chi connectivity index (χ2v) is 4.47. The minimum atomic E-state index is 0.559. The van der Waals surface area contributed by atoms with Crippen LogP contribution in [0, 0.1) is 6.92 Å². The Balaban J connectivity index is 2.33. The topological polar surface area (TPSA) is 64.9 Å². The van der Waals surface area contributed by atoms with E-state index in [4.69, 9.17) is 10.2 Å². The van der Waals surface area contributed by atoms with Crippen molar-refractivity contribution in [1.82, 2.24) is 9.97 Å². The molecule has 5 heteroatoms. The number of nitrogen functional groups attached to an aromatic ring is 1. The largest absolute Gasteiger partial charge is 0.443 e. The maximum atomic E-state index is 5.63. The summed E-state index contributed by atoms with van der Waals surface area (Å²) in [4.78, 5) is 8.41. The average molecular weight is 231 g/mol. The van der Waals surface area contributed by atoms with Crippen molar-refractivity contribution in [2.75, 3.05) is 5.73 Å². The molecule has 0 bridgehead atoms. The Hall–Kier alpha value is -1.88. The highest BCUT2D eigenvalue weighted by Crippen LogP contribution is 2.30. The van der Waals surface area contributed by atoms with Gasteiger partial charge in [0.25, 0.3) is 0 Å². The molecule has 3 rings (SSSR count). The van der Waals surface area contributed by atoms with E-state index in [0.717, 1.165) is 27.9 Å². The monoisotopic (exact) mass is 231 g/mol. The molecule has 16 heavy (non-hydrogen) atoms. The van der Waals surface area contributed by atoms with Crippen LogP contribution in [-0.2, 0) is 0 Å². The van der Waals surface area contributed by atoms with Gasteiger partial charge in [-0.3, -0.25) is 0 Å². The summed E-state index contributed by atoms with van der Waals surface area (Å²) in [6, 6.07) is 4.01. The lowest BCUT2D eigenvalue weighted by Gasteiger charge is -1.99. The average Bonchev–Trinajstić information content (AvgIpc) is 2.84. The van der Waals surface area contributed by atoms with Gasteiger partial charge in [0, 0.05) is 10.9 Å². The van der Waals surface area contributed by atoms with Crippen molar-refractivity contribution >= 4 is 27.6 Å². The van der Waals surface area contributed by atoms with Crippen LogP contribution >= 0.6 is 11.3 Å². The Labute approximate surface area is 95.7 Å². The lowest BCUT2D eigenvalue weighted by molar-refractivity contribution is 0.603. The van der Waals surface area contributed by atoms with Crippen LogP contribution < -0.4 is 5.73 Å². The van der Waals surface area contributed by atoms with Crippen molar-refractivity contribution in [1.29, 1.82) is 0 Å². The number of rotatable bonds is 1. The van der Waals surface area contributed by atoms with E-state index in [1.54, 1.807) is 0 Å². The minimum absolute atomic E-state index is 0.559. The Morgan fingerprint density at radius 2 is 2.25 bits per heavy atom. The van der Waals surface area contributed by atoms with Crippen LogP contribution in [0.15, 0.2) is 28.3 Å². The molecule has 0 spiro atoms. The zero-order valence-electron chi connectivity index (χ0n) is 8.60. The smallest absolute Gasteiger partial charge is 0.182 e. The predicted molar refractivity (Wildman–Crippen MR) is 64.3 cm³/mol. The van der Waals surface area contributed by atoms with Crippen LogP contribution in [0.3, 0.4) is 0 Å². The van der Waals surface area contributed by atoms with Crippen LogP contribution in [-0.4, -0.2) is 9.97 Å². The molecule has 4 nitrogen and oxygen atoms in total. The van der Waals surface area contributed by atoms with Gasteiger partial charge in [-0.15, -0.1) is 11.3 Å². The molecule has 0 saturated carbocycles. The fourth-order valence-electron chi connectivity index (χ4n) is 1.71. The lowest BCUT2D eigenvalue weighted by atomic mass is 10.1. The molecule has 0 unspecified atom stereocenters. The Morgan fingerprint density at radius 1 is 1.38 bits per heavy atom. The predicted octanol–water partition coefficient (Wildman–Crippen LogP) is 2.84. The molecule has 0 aliphatic heterocycles. The molecule has 0 saturated heterocycles. The van der Waals surface area contributed by atoms with Crippen LogP contribution in [0.1, 0.15) is 5.56 Å². The van der Waals surface area contributed by atoms with E-state index >= 15 is 0 Å². The van der Waals surface area contributed by atoms with Gasteiger partial charge in [-0.2, -0.15) is 0 Å². The molecule has 0 atom stereocenters. The fraction of sp³-hybridized carbons (Fsp3) is 0.0909. The van der Waals surface area contributed by atoms with E-state index in [1.807, 2.05) is 24.4 Å². The summed E-state index contributed by atoms with van der Waals surface area (Å²) >= 11 is 1.42. The number of nitrogens with two attached hydrogens (primary N) is 1. The van der Waals surface area contributed by atoms with Crippen molar-refractivity contribution in [3.63, 3.8) is 0 Å². The first-order valence-electron chi connectivity index (χ1n) is 4.79. The normalized spacial score (nSPS) is 11.1. The maximum absolute atomic E-state index is 5.63. The number of nitrogens with zero attached hydrogens (tertiary/aromatic N) is 2. The van der Waals surface area contributed by atoms with Crippen molar-refractivity contribution in [3.8, 4) is 11.3 Å². The molecule has 0 aliphatic rings. The summed E-state index contributed by atoms with van der Waals surface area (Å²) in [5.74, 6) is 0. The SMILES string of the molecule is Cc1cc(-c2csc(N)n2)c2ocnc2c1. The van der Waals surface area contributed by atoms with E-state index in [2.05, 4.69) is 9.97 Å². The Kier molecular flexibility index (Phi) is 1.94. The van der Waals surface area contributed by atoms with Gasteiger partial charge in [-0.1, -0.05) is 0 Å². The van der Waals surface area contributed by atoms with Crippen molar-refractivity contribution < 1.29 is 4.42 Å². The number of hydrogen-bond donors (Lipinski definition) is 1. The zero-order valence-corrected chi connectivity index (χ0v) is 9.41. The van der Waals surface area contributed by atoms with E-state index in [-0.39, 0.29) is 0 Å². The molecular formula is C11H9N3OS. The highest BCUT2D eigenvalue weighted by molar-refractivity contribution is 7.13. The zero-order chi connectivity index (χ0) is 11.1. The van der Waals surface area contributed by atoms with Crippen LogP contribution in [0.2, 0.25) is 0 Å². The van der Waals surface area contributed by atoms with Gasteiger partial charge in [0.05, 0.1) is 5.69 Å². The number of aryl methyl sites for hydroxylation is 1. The summed E-state index contributed by atoms with van der Waals surface area (Å²) in [7, 11) is 0. The Morgan fingerprint density at radius 3 is 3.00 bits per heavy atom.